The Balaban J connectivity index is -0.0000000405. The van der Waals surface area contributed by atoms with Gasteiger partial charge in [0, 0.05) is 14.0 Å². The van der Waals surface area contributed by atoms with E-state index in [1.165, 1.54) is 32.2 Å². The fourth-order valence-corrected chi connectivity index (χ4v) is 2.16. The van der Waals surface area contributed by atoms with E-state index in [0.29, 0.717) is 6.61 Å². The van der Waals surface area contributed by atoms with Crippen molar-refractivity contribution in [2.45, 2.75) is 187 Å². The van der Waals surface area contributed by atoms with Crippen molar-refractivity contribution in [3.05, 3.63) is 0 Å². The van der Waals surface area contributed by atoms with Crippen LogP contribution in [-0.4, -0.2) is 54.2 Å². The lowest BCUT2D eigenvalue weighted by Crippen LogP contribution is -2.26. The molecule has 0 aliphatic carbocycles. The van der Waals surface area contributed by atoms with Crippen LogP contribution in [0.1, 0.15) is 130 Å². The van der Waals surface area contributed by atoms with Crippen molar-refractivity contribution in [2.24, 2.45) is 0 Å². The predicted molar refractivity (Wildman–Crippen MR) is 193 cm³/mol. The Morgan fingerprint density at radius 1 is 0.615 bits per heavy atom. The van der Waals surface area contributed by atoms with Gasteiger partial charge in [-0.3, -0.25) is 4.79 Å². The molecule has 0 heterocycles. The highest BCUT2D eigenvalue weighted by Gasteiger charge is 2.16. The summed E-state index contributed by atoms with van der Waals surface area (Å²) in [6, 6.07) is 2.97. The van der Waals surface area contributed by atoms with E-state index in [0.717, 1.165) is 18.5 Å². The predicted octanol–water partition coefficient (Wildman–Crippen LogP) is 11.5. The van der Waals surface area contributed by atoms with Crippen LogP contribution in [0.4, 0.5) is 0 Å². The molecule has 0 aromatic carbocycles. The van der Waals surface area contributed by atoms with Crippen molar-refractivity contribution in [1.29, 1.82) is 0 Å². The molecule has 0 saturated heterocycles. The molecule has 39 heavy (non-hydrogen) atoms. The van der Waals surface area contributed by atoms with Gasteiger partial charge >= 0.3 is 5.97 Å². The van der Waals surface area contributed by atoms with Crippen molar-refractivity contribution in [3.63, 3.8) is 0 Å². The van der Waals surface area contributed by atoms with Crippen molar-refractivity contribution >= 4 is 30.9 Å². The molecule has 0 radical (unpaired) electrons. The van der Waals surface area contributed by atoms with Crippen molar-refractivity contribution in [1.82, 2.24) is 0 Å². The molecule has 0 unspecified atom stereocenters. The molecule has 0 rings (SSSR count). The molecule has 0 aromatic heterocycles. The smallest absolute Gasteiger partial charge is 0.302 e. The van der Waals surface area contributed by atoms with Crippen molar-refractivity contribution in [2.75, 3.05) is 13.7 Å². The molecular weight excluding hydrogens is 537 g/mol. The Kier molecular flexibility index (Phi) is 86.9. The Morgan fingerprint density at radius 3 is 0.974 bits per heavy atom. The van der Waals surface area contributed by atoms with Crippen LogP contribution in [0.2, 0.25) is 57.4 Å². The van der Waals surface area contributed by atoms with Crippen LogP contribution in [0.3, 0.4) is 0 Å². The van der Waals surface area contributed by atoms with E-state index >= 15 is 0 Å². The van der Waals surface area contributed by atoms with Gasteiger partial charge in [0.05, 0.1) is 6.61 Å². The standard InChI is InChI=1S/C7H16O3Si.C5H14OSi.C4H12OSi.3C3H8.3C2H6/c1-7(8)10-5-4-6-11(2,3)9;1-5-7(3,4)6-2;1-4-6(2,3)5;3*1-3-2;3*1-2/h9H,4-6H2,1-3H3;5H2,1-4H3;5H,4H2,1-3H3;3*3H2,1-2H3;3*1-2H3. The van der Waals surface area contributed by atoms with Gasteiger partial charge in [-0.2, -0.15) is 0 Å². The SMILES string of the molecule is CC.CC.CC.CC(=O)OCCC[Si](C)(C)O.CCC.CCC.CCC.CC[Si](C)(C)O.CC[Si](C)(C)OC. The maximum Gasteiger partial charge on any atom is 0.302 e. The van der Waals surface area contributed by atoms with Gasteiger partial charge in [-0.15, -0.1) is 0 Å². The number of ether oxygens (including phenoxy) is 1. The molecule has 0 aromatic rings. The second-order valence-corrected chi connectivity index (χ2v) is 23.0. The topological polar surface area (TPSA) is 76.0 Å². The third-order valence-corrected chi connectivity index (χ3v) is 9.62. The summed E-state index contributed by atoms with van der Waals surface area (Å²) in [7, 11) is -2.90. The number of carbonyl (C=O) groups is 1. The molecule has 8 heteroatoms. The second-order valence-electron chi connectivity index (χ2n) is 9.86. The number of hydrogen-bond donors (Lipinski definition) is 2. The fourth-order valence-electron chi connectivity index (χ4n) is 0.865. The van der Waals surface area contributed by atoms with Crippen LogP contribution in [0.5, 0.6) is 0 Å². The molecule has 0 aliphatic rings. The quantitative estimate of drug-likeness (QED) is 0.168. The van der Waals surface area contributed by atoms with Crippen LogP contribution < -0.4 is 0 Å². The molecule has 0 aliphatic heterocycles. The molecule has 0 spiro atoms. The second kappa shape index (κ2) is 54.1. The largest absolute Gasteiger partial charge is 0.466 e. The lowest BCUT2D eigenvalue weighted by Gasteiger charge is -2.15. The zero-order valence-corrected chi connectivity index (χ0v) is 34.8. The Labute approximate surface area is 254 Å². The van der Waals surface area contributed by atoms with E-state index in [1.54, 1.807) is 7.11 Å². The highest BCUT2D eigenvalue weighted by Crippen LogP contribution is 2.07. The molecule has 0 fully saturated rings. The van der Waals surface area contributed by atoms with E-state index < -0.39 is 25.0 Å². The molecule has 5 nitrogen and oxygen atoms in total. The normalized spacial score (nSPS) is 9.03. The minimum Gasteiger partial charge on any atom is -0.466 e. The van der Waals surface area contributed by atoms with Gasteiger partial charge in [0.1, 0.15) is 0 Å². The first-order valence-corrected chi connectivity index (χ1v) is 25.4. The number of esters is 1. The van der Waals surface area contributed by atoms with Gasteiger partial charge in [-0.1, -0.05) is 116 Å². The average molecular weight is 621 g/mol. The third kappa shape index (κ3) is 170. The first-order valence-electron chi connectivity index (χ1n) is 16.0. The third-order valence-electron chi connectivity index (χ3n) is 3.51. The minimum absolute atomic E-state index is 0.248. The van der Waals surface area contributed by atoms with E-state index in [-0.39, 0.29) is 5.97 Å². The summed E-state index contributed by atoms with van der Waals surface area (Å²) in [5.74, 6) is -0.248. The Morgan fingerprint density at radius 2 is 0.872 bits per heavy atom. The van der Waals surface area contributed by atoms with Gasteiger partial charge in [-0.25, -0.2) is 0 Å². The summed E-state index contributed by atoms with van der Waals surface area (Å²) in [5.41, 5.74) is 0. The summed E-state index contributed by atoms with van der Waals surface area (Å²) >= 11 is 0. The van der Waals surface area contributed by atoms with E-state index in [4.69, 9.17) is 14.0 Å². The molecular formula is C31H84O5Si3. The van der Waals surface area contributed by atoms with E-state index in [2.05, 4.69) is 61.6 Å². The molecule has 0 amide bonds. The summed E-state index contributed by atoms with van der Waals surface area (Å²) < 4.78 is 9.94. The Bertz CT molecular complexity index is 344. The molecule has 0 saturated carbocycles. The van der Waals surface area contributed by atoms with Crippen LogP contribution in [-0.2, 0) is 14.0 Å². The monoisotopic (exact) mass is 621 g/mol. The number of carbonyl (C=O) groups excluding carboxylic acids is 1. The van der Waals surface area contributed by atoms with E-state index in [9.17, 15) is 9.59 Å². The van der Waals surface area contributed by atoms with Gasteiger partial charge in [0.15, 0.2) is 25.0 Å². The lowest BCUT2D eigenvalue weighted by molar-refractivity contribution is -0.140. The maximum atomic E-state index is 10.3. The first kappa shape index (κ1) is 62.6. The molecule has 2 N–H and O–H groups in total. The Hall–Kier alpha value is 0.000649. The number of rotatable bonds is 7. The van der Waals surface area contributed by atoms with Crippen molar-refractivity contribution in [3.8, 4) is 0 Å². The summed E-state index contributed by atoms with van der Waals surface area (Å²) in [6.45, 7) is 42.8. The molecule has 250 valence electrons. The average Bonchev–Trinajstić information content (AvgIpc) is 2.87. The van der Waals surface area contributed by atoms with Gasteiger partial charge in [-0.05, 0) is 63.8 Å². The van der Waals surface area contributed by atoms with E-state index in [1.807, 2.05) is 74.7 Å². The van der Waals surface area contributed by atoms with Crippen LogP contribution in [0, 0.1) is 0 Å². The summed E-state index contributed by atoms with van der Waals surface area (Å²) in [5, 5.41) is 0. The molecule has 0 bridgehead atoms. The van der Waals surface area contributed by atoms with Crippen LogP contribution >= 0.6 is 0 Å². The minimum atomic E-state index is -1.92. The van der Waals surface area contributed by atoms with Crippen LogP contribution in [0.25, 0.3) is 0 Å². The highest BCUT2D eigenvalue weighted by atomic mass is 28.4. The lowest BCUT2D eigenvalue weighted by atomic mass is 10.5. The summed E-state index contributed by atoms with van der Waals surface area (Å²) in [6.07, 6.45) is 4.52. The zero-order chi connectivity index (χ0) is 34.1. The highest BCUT2D eigenvalue weighted by molar-refractivity contribution is 6.71. The van der Waals surface area contributed by atoms with Gasteiger partial charge in [0.25, 0.3) is 0 Å². The fraction of sp³-hybridized carbons (Fsp3) is 0.968. The zero-order valence-electron chi connectivity index (χ0n) is 31.8. The van der Waals surface area contributed by atoms with Gasteiger partial charge in [0.2, 0.25) is 0 Å². The van der Waals surface area contributed by atoms with Crippen molar-refractivity contribution < 1.29 is 23.5 Å². The molecule has 0 atom stereocenters. The summed E-state index contributed by atoms with van der Waals surface area (Å²) in [4.78, 5) is 28.6. The first-order chi connectivity index (χ1) is 17.8. The maximum absolute atomic E-state index is 10.3. The number of hydrogen-bond acceptors (Lipinski definition) is 5. The van der Waals surface area contributed by atoms with Gasteiger partial charge < -0.3 is 18.8 Å². The van der Waals surface area contributed by atoms with Crippen LogP contribution in [0.15, 0.2) is 0 Å².